The lowest BCUT2D eigenvalue weighted by molar-refractivity contribution is -0.123. The summed E-state index contributed by atoms with van der Waals surface area (Å²) in [5, 5.41) is 5.44. The molecule has 0 saturated carbocycles. The third kappa shape index (κ3) is 6.50. The van der Waals surface area contributed by atoms with Gasteiger partial charge in [0.25, 0.3) is 5.91 Å². The van der Waals surface area contributed by atoms with Crippen LogP contribution in [-0.2, 0) is 9.59 Å². The first kappa shape index (κ1) is 18.7. The van der Waals surface area contributed by atoms with Crippen molar-refractivity contribution in [3.05, 3.63) is 23.8 Å². The van der Waals surface area contributed by atoms with Crippen LogP contribution in [0.15, 0.2) is 18.2 Å². The maximum absolute atomic E-state index is 11.8. The molecule has 0 aliphatic heterocycles. The molecule has 23 heavy (non-hydrogen) atoms. The fraction of sp³-hybridized carbons (Fsp3) is 0.471. The van der Waals surface area contributed by atoms with Gasteiger partial charge in [0.1, 0.15) is 5.75 Å². The average molecular weight is 320 g/mol. The summed E-state index contributed by atoms with van der Waals surface area (Å²) in [7, 11) is 0. The van der Waals surface area contributed by atoms with Gasteiger partial charge in [0.2, 0.25) is 5.91 Å². The fourth-order valence-corrected chi connectivity index (χ4v) is 1.97. The molecule has 0 radical (unpaired) electrons. The summed E-state index contributed by atoms with van der Waals surface area (Å²) in [4.78, 5) is 35.0. The molecule has 0 unspecified atom stereocenters. The molecule has 0 aliphatic rings. The van der Waals surface area contributed by atoms with E-state index in [9.17, 15) is 14.4 Å². The summed E-state index contributed by atoms with van der Waals surface area (Å²) >= 11 is 0. The van der Waals surface area contributed by atoms with Gasteiger partial charge >= 0.3 is 0 Å². The van der Waals surface area contributed by atoms with Crippen molar-refractivity contribution in [3.8, 4) is 5.75 Å². The van der Waals surface area contributed by atoms with Gasteiger partial charge in [-0.3, -0.25) is 14.4 Å². The number of nitrogens with one attached hydrogen (secondary N) is 2. The molecule has 2 amide bonds. The first-order valence-electron chi connectivity index (χ1n) is 7.70. The number of hydrogen-bond donors (Lipinski definition) is 2. The van der Waals surface area contributed by atoms with Gasteiger partial charge in [-0.05, 0) is 45.4 Å². The number of amides is 2. The van der Waals surface area contributed by atoms with E-state index >= 15 is 0 Å². The Balaban J connectivity index is 2.82. The van der Waals surface area contributed by atoms with E-state index in [2.05, 4.69) is 10.6 Å². The fourth-order valence-electron chi connectivity index (χ4n) is 1.97. The minimum atomic E-state index is -0.255. The number of carbonyl (C=O) groups excluding carboxylic acids is 3. The third-order valence-electron chi connectivity index (χ3n) is 2.93. The van der Waals surface area contributed by atoms with E-state index in [4.69, 9.17) is 4.74 Å². The lowest BCUT2D eigenvalue weighted by atomic mass is 10.1. The Bertz CT molecular complexity index is 582. The molecule has 0 fully saturated rings. The molecule has 0 atom stereocenters. The molecule has 0 spiro atoms. The highest BCUT2D eigenvalue weighted by molar-refractivity contribution is 5.99. The highest BCUT2D eigenvalue weighted by Gasteiger charge is 2.13. The van der Waals surface area contributed by atoms with Crippen molar-refractivity contribution in [2.45, 2.75) is 46.6 Å². The number of ether oxygens (including phenoxy) is 1. The number of anilines is 1. The van der Waals surface area contributed by atoms with E-state index in [0.717, 1.165) is 6.42 Å². The standard InChI is InChI=1S/C17H24N2O4/c1-5-6-16(21)19-13-7-8-15(14(9-13)12(4)20)23-10-17(22)18-11(2)3/h7-9,11H,5-6,10H2,1-4H3,(H,18,22)(H,19,21). The van der Waals surface area contributed by atoms with Gasteiger partial charge in [-0.2, -0.15) is 0 Å². The van der Waals surface area contributed by atoms with Crippen molar-refractivity contribution >= 4 is 23.3 Å². The smallest absolute Gasteiger partial charge is 0.258 e. The maximum atomic E-state index is 11.8. The molecule has 0 heterocycles. The Labute approximate surface area is 136 Å². The van der Waals surface area contributed by atoms with Crippen LogP contribution in [0.25, 0.3) is 0 Å². The highest BCUT2D eigenvalue weighted by atomic mass is 16.5. The van der Waals surface area contributed by atoms with Crippen LogP contribution in [0, 0.1) is 0 Å². The van der Waals surface area contributed by atoms with Gasteiger partial charge in [-0.25, -0.2) is 0 Å². The molecule has 6 nitrogen and oxygen atoms in total. The zero-order chi connectivity index (χ0) is 17.4. The van der Waals surface area contributed by atoms with Crippen LogP contribution in [0.5, 0.6) is 5.75 Å². The molecule has 0 aliphatic carbocycles. The Kier molecular flexibility index (Phi) is 7.25. The predicted molar refractivity (Wildman–Crippen MR) is 88.8 cm³/mol. The van der Waals surface area contributed by atoms with Crippen LogP contribution in [0.2, 0.25) is 0 Å². The quantitative estimate of drug-likeness (QED) is 0.721. The summed E-state index contributed by atoms with van der Waals surface area (Å²) in [5.41, 5.74) is 0.865. The van der Waals surface area contributed by atoms with Gasteiger partial charge in [-0.1, -0.05) is 6.92 Å². The van der Waals surface area contributed by atoms with E-state index in [0.29, 0.717) is 23.4 Å². The first-order valence-corrected chi connectivity index (χ1v) is 7.70. The summed E-state index contributed by atoms with van der Waals surface area (Å²) < 4.78 is 5.42. The molecule has 6 heteroatoms. The van der Waals surface area contributed by atoms with E-state index < -0.39 is 0 Å². The highest BCUT2D eigenvalue weighted by Crippen LogP contribution is 2.23. The minimum Gasteiger partial charge on any atom is -0.483 e. The van der Waals surface area contributed by atoms with Gasteiger partial charge < -0.3 is 15.4 Å². The third-order valence-corrected chi connectivity index (χ3v) is 2.93. The summed E-state index contributed by atoms with van der Waals surface area (Å²) in [5.74, 6) is -0.234. The molecule has 0 saturated heterocycles. The molecule has 1 aromatic rings. The Morgan fingerprint density at radius 3 is 2.43 bits per heavy atom. The summed E-state index contributed by atoms with van der Waals surface area (Å²) in [6, 6.07) is 4.82. The Hall–Kier alpha value is -2.37. The van der Waals surface area contributed by atoms with E-state index in [1.54, 1.807) is 18.2 Å². The Morgan fingerprint density at radius 2 is 1.87 bits per heavy atom. The van der Waals surface area contributed by atoms with Crippen molar-refractivity contribution in [2.75, 3.05) is 11.9 Å². The second-order valence-corrected chi connectivity index (χ2v) is 5.58. The molecular formula is C17H24N2O4. The van der Waals surface area contributed by atoms with Crippen LogP contribution in [0.3, 0.4) is 0 Å². The van der Waals surface area contributed by atoms with Crippen LogP contribution >= 0.6 is 0 Å². The lowest BCUT2D eigenvalue weighted by Crippen LogP contribution is -2.34. The molecule has 2 N–H and O–H groups in total. The zero-order valence-corrected chi connectivity index (χ0v) is 14.1. The van der Waals surface area contributed by atoms with Crippen LogP contribution in [0.1, 0.15) is 50.9 Å². The number of carbonyl (C=O) groups is 3. The summed E-state index contributed by atoms with van der Waals surface area (Å²) in [6.45, 7) is 6.87. The Morgan fingerprint density at radius 1 is 1.17 bits per heavy atom. The van der Waals surface area contributed by atoms with E-state index in [-0.39, 0.29) is 30.2 Å². The average Bonchev–Trinajstić information content (AvgIpc) is 2.45. The van der Waals surface area contributed by atoms with Gasteiger partial charge in [-0.15, -0.1) is 0 Å². The second-order valence-electron chi connectivity index (χ2n) is 5.58. The minimum absolute atomic E-state index is 0.0227. The molecule has 1 rings (SSSR count). The largest absolute Gasteiger partial charge is 0.483 e. The van der Waals surface area contributed by atoms with Gasteiger partial charge in [0.15, 0.2) is 12.4 Å². The van der Waals surface area contributed by atoms with Crippen LogP contribution in [-0.4, -0.2) is 30.2 Å². The monoisotopic (exact) mass is 320 g/mol. The molecule has 1 aromatic carbocycles. The van der Waals surface area contributed by atoms with E-state index in [1.165, 1.54) is 6.92 Å². The van der Waals surface area contributed by atoms with Gasteiger partial charge in [0, 0.05) is 18.2 Å². The predicted octanol–water partition coefficient (Wildman–Crippen LogP) is 2.53. The molecule has 0 aromatic heterocycles. The molecular weight excluding hydrogens is 296 g/mol. The van der Waals surface area contributed by atoms with Crippen molar-refractivity contribution in [1.82, 2.24) is 5.32 Å². The SMILES string of the molecule is CCCC(=O)Nc1ccc(OCC(=O)NC(C)C)c(C(C)=O)c1. The van der Waals surface area contributed by atoms with Gasteiger partial charge in [0.05, 0.1) is 5.56 Å². The second kappa shape index (κ2) is 8.92. The van der Waals surface area contributed by atoms with Crippen LogP contribution < -0.4 is 15.4 Å². The van der Waals surface area contributed by atoms with Crippen molar-refractivity contribution in [2.24, 2.45) is 0 Å². The van der Waals surface area contributed by atoms with Crippen molar-refractivity contribution in [1.29, 1.82) is 0 Å². The van der Waals surface area contributed by atoms with Crippen molar-refractivity contribution < 1.29 is 19.1 Å². The number of benzene rings is 1. The lowest BCUT2D eigenvalue weighted by Gasteiger charge is -2.13. The maximum Gasteiger partial charge on any atom is 0.258 e. The number of Topliss-reactive ketones (excluding diaryl/α,β-unsaturated/α-hetero) is 1. The summed E-state index contributed by atoms with van der Waals surface area (Å²) in [6.07, 6.45) is 1.17. The van der Waals surface area contributed by atoms with Crippen LogP contribution in [0.4, 0.5) is 5.69 Å². The van der Waals surface area contributed by atoms with E-state index in [1.807, 2.05) is 20.8 Å². The topological polar surface area (TPSA) is 84.5 Å². The normalized spacial score (nSPS) is 10.3. The molecule has 126 valence electrons. The zero-order valence-electron chi connectivity index (χ0n) is 14.1. The van der Waals surface area contributed by atoms with Crippen molar-refractivity contribution in [3.63, 3.8) is 0 Å². The molecule has 0 bridgehead atoms. The number of ketones is 1. The number of rotatable bonds is 8. The number of hydrogen-bond acceptors (Lipinski definition) is 4. The first-order chi connectivity index (χ1) is 10.8.